The van der Waals surface area contributed by atoms with Crippen molar-refractivity contribution in [3.05, 3.63) is 72.8 Å². The van der Waals surface area contributed by atoms with Gasteiger partial charge in [0, 0.05) is 5.56 Å². The zero-order chi connectivity index (χ0) is 14.5. The lowest BCUT2D eigenvalue weighted by molar-refractivity contribution is 1.09. The van der Waals surface area contributed by atoms with Gasteiger partial charge in [0.05, 0.1) is 28.1 Å². The molecule has 0 radical (unpaired) electrons. The van der Waals surface area contributed by atoms with Crippen LogP contribution in [0.1, 0.15) is 0 Å². The fraction of sp³-hybridized carbons (Fsp3) is 0. The topological polar surface area (TPSA) is 29.9 Å². The third kappa shape index (κ3) is 1.48. The first kappa shape index (κ1) is 11.6. The summed E-state index contributed by atoms with van der Waals surface area (Å²) in [6.07, 6.45) is 0. The van der Waals surface area contributed by atoms with E-state index >= 15 is 0 Å². The van der Waals surface area contributed by atoms with E-state index in [0.717, 1.165) is 39.5 Å². The average molecular weight is 283 g/mol. The Morgan fingerprint density at radius 3 is 2.41 bits per heavy atom. The van der Waals surface area contributed by atoms with Crippen LogP contribution in [0.5, 0.6) is 0 Å². The van der Waals surface area contributed by atoms with Crippen LogP contribution in [0.3, 0.4) is 0 Å². The summed E-state index contributed by atoms with van der Waals surface area (Å²) < 4.78 is 2.26. The Hall–Kier alpha value is -3.07. The van der Waals surface area contributed by atoms with Crippen LogP contribution in [-0.4, -0.2) is 9.55 Å². The molecule has 3 nitrogen and oxygen atoms in total. The zero-order valence-corrected chi connectivity index (χ0v) is 11.8. The molecule has 0 amide bonds. The Morgan fingerprint density at radius 2 is 1.50 bits per heavy atom. The van der Waals surface area contributed by atoms with E-state index in [1.54, 1.807) is 0 Å². The van der Waals surface area contributed by atoms with E-state index in [1.807, 2.05) is 12.1 Å². The van der Waals surface area contributed by atoms with Crippen molar-refractivity contribution in [2.75, 3.05) is 5.32 Å². The summed E-state index contributed by atoms with van der Waals surface area (Å²) in [6.45, 7) is 0. The van der Waals surface area contributed by atoms with Crippen LogP contribution in [-0.2, 0) is 0 Å². The number of nitrogens with one attached hydrogen (secondary N) is 1. The number of aromatic nitrogens is 2. The molecule has 0 unspecified atom stereocenters. The zero-order valence-electron chi connectivity index (χ0n) is 11.8. The molecule has 0 atom stereocenters. The van der Waals surface area contributed by atoms with E-state index in [4.69, 9.17) is 4.98 Å². The number of hydrogen-bond donors (Lipinski definition) is 1. The number of para-hydroxylation sites is 3. The van der Waals surface area contributed by atoms with Crippen molar-refractivity contribution in [2.24, 2.45) is 0 Å². The lowest BCUT2D eigenvalue weighted by Gasteiger charge is -2.21. The number of imidazole rings is 1. The van der Waals surface area contributed by atoms with Crippen molar-refractivity contribution in [3.8, 4) is 17.1 Å². The number of anilines is 2. The SMILES string of the molecule is c1ccc(-c2nc3cccc4c3n2-c2ccccc2N4)cc1. The summed E-state index contributed by atoms with van der Waals surface area (Å²) >= 11 is 0. The third-order valence-electron chi connectivity index (χ3n) is 4.12. The van der Waals surface area contributed by atoms with Crippen molar-refractivity contribution >= 4 is 22.4 Å². The van der Waals surface area contributed by atoms with Crippen LogP contribution in [0.2, 0.25) is 0 Å². The molecule has 5 rings (SSSR count). The van der Waals surface area contributed by atoms with Crippen molar-refractivity contribution in [1.82, 2.24) is 9.55 Å². The van der Waals surface area contributed by atoms with Gasteiger partial charge in [-0.1, -0.05) is 48.5 Å². The van der Waals surface area contributed by atoms with Gasteiger partial charge in [-0.15, -0.1) is 0 Å². The minimum atomic E-state index is 0.983. The Labute approximate surface area is 127 Å². The summed E-state index contributed by atoms with van der Waals surface area (Å²) in [7, 11) is 0. The molecule has 1 N–H and O–H groups in total. The van der Waals surface area contributed by atoms with E-state index in [1.165, 1.54) is 0 Å². The van der Waals surface area contributed by atoms with Gasteiger partial charge in [-0.05, 0) is 24.3 Å². The standard InChI is InChI=1S/C19H13N3/c1-2-7-13(8-3-1)19-21-16-11-6-10-15-18(16)22(19)17-12-5-4-9-14(17)20-15/h1-12,20H. The molecule has 0 aliphatic carbocycles. The van der Waals surface area contributed by atoms with Gasteiger partial charge in [0.25, 0.3) is 0 Å². The van der Waals surface area contributed by atoms with Crippen molar-refractivity contribution in [2.45, 2.75) is 0 Å². The van der Waals surface area contributed by atoms with Gasteiger partial charge in [0.2, 0.25) is 0 Å². The highest BCUT2D eigenvalue weighted by Crippen LogP contribution is 2.40. The molecule has 3 heteroatoms. The molecule has 0 bridgehead atoms. The monoisotopic (exact) mass is 283 g/mol. The second-order valence-electron chi connectivity index (χ2n) is 5.45. The molecule has 2 heterocycles. The van der Waals surface area contributed by atoms with Crippen LogP contribution in [0.4, 0.5) is 11.4 Å². The maximum Gasteiger partial charge on any atom is 0.145 e. The minimum absolute atomic E-state index is 0.983. The van der Waals surface area contributed by atoms with Gasteiger partial charge >= 0.3 is 0 Å². The largest absolute Gasteiger partial charge is 0.352 e. The van der Waals surface area contributed by atoms with Crippen LogP contribution in [0.25, 0.3) is 28.1 Å². The van der Waals surface area contributed by atoms with Gasteiger partial charge in [-0.25, -0.2) is 4.98 Å². The molecule has 0 saturated carbocycles. The highest BCUT2D eigenvalue weighted by atomic mass is 15.1. The lowest BCUT2D eigenvalue weighted by atomic mass is 10.1. The predicted octanol–water partition coefficient (Wildman–Crippen LogP) is 4.75. The van der Waals surface area contributed by atoms with Crippen molar-refractivity contribution < 1.29 is 0 Å². The maximum atomic E-state index is 4.88. The van der Waals surface area contributed by atoms with E-state index in [2.05, 4.69) is 70.5 Å². The minimum Gasteiger partial charge on any atom is -0.352 e. The Kier molecular flexibility index (Phi) is 2.22. The third-order valence-corrected chi connectivity index (χ3v) is 4.12. The van der Waals surface area contributed by atoms with Gasteiger partial charge < -0.3 is 5.32 Å². The molecular formula is C19H13N3. The Morgan fingerprint density at radius 1 is 0.727 bits per heavy atom. The summed E-state index contributed by atoms with van der Waals surface area (Å²) in [5.41, 5.74) is 6.63. The Balaban J connectivity index is 1.95. The first-order chi connectivity index (χ1) is 10.9. The molecule has 1 aromatic heterocycles. The maximum absolute atomic E-state index is 4.88. The van der Waals surface area contributed by atoms with Gasteiger partial charge in [-0.3, -0.25) is 4.57 Å². The molecule has 1 aliphatic rings. The average Bonchev–Trinajstić information content (AvgIpc) is 2.97. The van der Waals surface area contributed by atoms with E-state index < -0.39 is 0 Å². The second-order valence-corrected chi connectivity index (χ2v) is 5.45. The molecule has 4 aromatic rings. The number of rotatable bonds is 1. The van der Waals surface area contributed by atoms with Crippen molar-refractivity contribution in [1.29, 1.82) is 0 Å². The normalized spacial score (nSPS) is 12.0. The van der Waals surface area contributed by atoms with E-state index in [-0.39, 0.29) is 0 Å². The fourth-order valence-electron chi connectivity index (χ4n) is 3.16. The number of fused-ring (bicyclic) bond motifs is 2. The van der Waals surface area contributed by atoms with E-state index in [9.17, 15) is 0 Å². The van der Waals surface area contributed by atoms with Crippen LogP contribution < -0.4 is 5.32 Å². The first-order valence-electron chi connectivity index (χ1n) is 7.35. The molecule has 1 aliphatic heterocycles. The van der Waals surface area contributed by atoms with Crippen LogP contribution in [0.15, 0.2) is 72.8 Å². The number of nitrogens with zero attached hydrogens (tertiary/aromatic N) is 2. The predicted molar refractivity (Wildman–Crippen MR) is 89.8 cm³/mol. The first-order valence-corrected chi connectivity index (χ1v) is 7.35. The summed E-state index contributed by atoms with van der Waals surface area (Å²) in [5.74, 6) is 0.983. The summed E-state index contributed by atoms with van der Waals surface area (Å²) in [6, 6.07) is 24.9. The van der Waals surface area contributed by atoms with Crippen LogP contribution in [0, 0.1) is 0 Å². The van der Waals surface area contributed by atoms with Gasteiger partial charge in [0.15, 0.2) is 0 Å². The van der Waals surface area contributed by atoms with E-state index in [0.29, 0.717) is 0 Å². The summed E-state index contributed by atoms with van der Waals surface area (Å²) in [4.78, 5) is 4.88. The van der Waals surface area contributed by atoms with Gasteiger partial charge in [0.1, 0.15) is 5.82 Å². The summed E-state index contributed by atoms with van der Waals surface area (Å²) in [5, 5.41) is 3.51. The molecule has 104 valence electrons. The van der Waals surface area contributed by atoms with Crippen LogP contribution >= 0.6 is 0 Å². The lowest BCUT2D eigenvalue weighted by Crippen LogP contribution is -2.08. The molecule has 3 aromatic carbocycles. The smallest absolute Gasteiger partial charge is 0.145 e. The highest BCUT2D eigenvalue weighted by molar-refractivity contribution is 5.98. The van der Waals surface area contributed by atoms with Crippen molar-refractivity contribution in [3.63, 3.8) is 0 Å². The fourth-order valence-corrected chi connectivity index (χ4v) is 3.16. The van der Waals surface area contributed by atoms with Gasteiger partial charge in [-0.2, -0.15) is 0 Å². The molecule has 0 saturated heterocycles. The molecule has 22 heavy (non-hydrogen) atoms. The molecule has 0 spiro atoms. The quantitative estimate of drug-likeness (QED) is 0.481. The molecule has 0 fully saturated rings. The molecular weight excluding hydrogens is 270 g/mol. The number of benzene rings is 3. The second kappa shape index (κ2) is 4.21. The highest BCUT2D eigenvalue weighted by Gasteiger charge is 2.22. The number of hydrogen-bond acceptors (Lipinski definition) is 2. The Bertz CT molecular complexity index is 1000.